The van der Waals surface area contributed by atoms with Crippen molar-refractivity contribution in [1.29, 1.82) is 0 Å². The largest absolute Gasteiger partial charge is 0.321 e. The first kappa shape index (κ1) is 24.2. The third-order valence-electron chi connectivity index (χ3n) is 8.26. The fraction of sp³-hybridized carbons (Fsp3) is 0.643. The van der Waals surface area contributed by atoms with Gasteiger partial charge in [0, 0.05) is 18.2 Å². The van der Waals surface area contributed by atoms with Gasteiger partial charge in [0.2, 0.25) is 0 Å². The first-order valence-corrected chi connectivity index (χ1v) is 13.8. The van der Waals surface area contributed by atoms with Crippen molar-refractivity contribution < 1.29 is 0 Å². The number of hydrogen-bond acceptors (Lipinski definition) is 5. The average molecular weight is 477 g/mol. The molecular formula is C28H40N6O. The van der Waals surface area contributed by atoms with Crippen LogP contribution in [-0.4, -0.2) is 36.1 Å². The quantitative estimate of drug-likeness (QED) is 0.431. The van der Waals surface area contributed by atoms with Gasteiger partial charge >= 0.3 is 0 Å². The van der Waals surface area contributed by atoms with Crippen LogP contribution in [0, 0.1) is 6.92 Å². The number of nitrogens with zero attached hydrogens (tertiary/aromatic N) is 5. The molecule has 0 bridgehead atoms. The van der Waals surface area contributed by atoms with Gasteiger partial charge in [0.1, 0.15) is 0 Å². The van der Waals surface area contributed by atoms with Gasteiger partial charge in [-0.3, -0.25) is 9.69 Å². The van der Waals surface area contributed by atoms with Crippen LogP contribution in [-0.2, 0) is 6.54 Å². The van der Waals surface area contributed by atoms with E-state index in [2.05, 4.69) is 68.2 Å². The van der Waals surface area contributed by atoms with Crippen LogP contribution in [0.4, 0.5) is 0 Å². The fourth-order valence-corrected chi connectivity index (χ4v) is 6.37. The van der Waals surface area contributed by atoms with Gasteiger partial charge in [0.15, 0.2) is 5.82 Å². The molecule has 35 heavy (non-hydrogen) atoms. The molecule has 2 saturated carbocycles. The normalized spacial score (nSPS) is 18.9. The molecular weight excluding hydrogens is 436 g/mol. The summed E-state index contributed by atoms with van der Waals surface area (Å²) in [5, 5.41) is 14.4. The Hall–Kier alpha value is -2.54. The van der Waals surface area contributed by atoms with E-state index in [-0.39, 0.29) is 11.6 Å². The van der Waals surface area contributed by atoms with Crippen LogP contribution < -0.4 is 5.56 Å². The van der Waals surface area contributed by atoms with Crippen molar-refractivity contribution in [2.75, 3.05) is 0 Å². The molecule has 1 atom stereocenters. The lowest BCUT2D eigenvalue weighted by molar-refractivity contribution is 0.0789. The maximum absolute atomic E-state index is 13.3. The summed E-state index contributed by atoms with van der Waals surface area (Å²) in [7, 11) is 0. The van der Waals surface area contributed by atoms with Gasteiger partial charge in [0.25, 0.3) is 5.56 Å². The molecule has 0 radical (unpaired) electrons. The first-order valence-electron chi connectivity index (χ1n) is 13.8. The monoisotopic (exact) mass is 476 g/mol. The molecule has 2 fully saturated rings. The second kappa shape index (κ2) is 11.0. The van der Waals surface area contributed by atoms with Crippen LogP contribution >= 0.6 is 0 Å². The number of rotatable bonds is 8. The summed E-state index contributed by atoms with van der Waals surface area (Å²) in [6.45, 7) is 4.92. The summed E-state index contributed by atoms with van der Waals surface area (Å²) < 4.78 is 2.14. The van der Waals surface area contributed by atoms with E-state index in [9.17, 15) is 4.79 Å². The molecule has 1 aromatic carbocycles. The van der Waals surface area contributed by atoms with Gasteiger partial charge in [-0.2, -0.15) is 0 Å². The standard InChI is InChI=1S/C28H40N6O/c1-3-11-25(27-30-31-32-34(27)24-16-8-5-9-17-24)33(23-14-6-4-7-15-23)19-22-18-21-13-10-12-20(2)26(21)29-28(22)35/h10,12-13,18,23-25H,3-9,11,14-17,19H2,1-2H3,(H,29,35). The highest BCUT2D eigenvalue weighted by molar-refractivity contribution is 5.81. The van der Waals surface area contributed by atoms with Crippen molar-refractivity contribution in [3.63, 3.8) is 0 Å². The highest BCUT2D eigenvalue weighted by Crippen LogP contribution is 2.36. The number of para-hydroxylation sites is 1. The summed E-state index contributed by atoms with van der Waals surface area (Å²) >= 11 is 0. The topological polar surface area (TPSA) is 79.7 Å². The molecule has 7 heteroatoms. The minimum Gasteiger partial charge on any atom is -0.321 e. The number of tetrazole rings is 1. The molecule has 2 heterocycles. The Kier molecular flexibility index (Phi) is 7.61. The van der Waals surface area contributed by atoms with Crippen LogP contribution in [0.3, 0.4) is 0 Å². The Morgan fingerprint density at radius 1 is 1.09 bits per heavy atom. The molecule has 2 aliphatic carbocycles. The Morgan fingerprint density at radius 2 is 1.83 bits per heavy atom. The van der Waals surface area contributed by atoms with Crippen molar-refractivity contribution >= 4 is 10.9 Å². The van der Waals surface area contributed by atoms with Gasteiger partial charge in [0.05, 0.1) is 17.6 Å². The van der Waals surface area contributed by atoms with Crippen LogP contribution in [0.5, 0.6) is 0 Å². The molecule has 2 aliphatic rings. The Bertz CT molecular complexity index is 1170. The second-order valence-corrected chi connectivity index (χ2v) is 10.7. The van der Waals surface area contributed by atoms with Crippen molar-refractivity contribution in [2.45, 2.75) is 116 Å². The molecule has 1 unspecified atom stereocenters. The summed E-state index contributed by atoms with van der Waals surface area (Å²) in [5.74, 6) is 0.998. The third-order valence-corrected chi connectivity index (χ3v) is 8.26. The number of hydrogen-bond donors (Lipinski definition) is 1. The molecule has 3 aromatic rings. The van der Waals surface area contributed by atoms with Crippen molar-refractivity contribution in [3.8, 4) is 0 Å². The summed E-state index contributed by atoms with van der Waals surface area (Å²) in [6, 6.07) is 9.28. The molecule has 7 nitrogen and oxygen atoms in total. The van der Waals surface area contributed by atoms with Crippen molar-refractivity contribution in [1.82, 2.24) is 30.1 Å². The lowest BCUT2D eigenvalue weighted by Gasteiger charge is -2.40. The molecule has 0 saturated heterocycles. The number of fused-ring (bicyclic) bond motifs is 1. The van der Waals surface area contributed by atoms with Gasteiger partial charge in [-0.25, -0.2) is 4.68 Å². The number of aromatic amines is 1. The van der Waals surface area contributed by atoms with Gasteiger partial charge in [-0.1, -0.05) is 70.1 Å². The predicted octanol–water partition coefficient (Wildman–Crippen LogP) is 6.00. The summed E-state index contributed by atoms with van der Waals surface area (Å²) in [6.07, 6.45) is 14.3. The van der Waals surface area contributed by atoms with E-state index in [1.54, 1.807) is 0 Å². The molecule has 0 spiro atoms. The molecule has 0 aliphatic heterocycles. The maximum atomic E-state index is 13.3. The lowest BCUT2D eigenvalue weighted by atomic mass is 9.91. The number of H-pyrrole nitrogens is 1. The van der Waals surface area contributed by atoms with Gasteiger partial charge in [-0.05, 0) is 66.5 Å². The lowest BCUT2D eigenvalue weighted by Crippen LogP contribution is -2.41. The highest BCUT2D eigenvalue weighted by atomic mass is 16.1. The van der Waals surface area contributed by atoms with Crippen LogP contribution in [0.25, 0.3) is 10.9 Å². The SMILES string of the molecule is CCCC(c1nnnn1C1CCCCC1)N(Cc1cc2cccc(C)c2[nH]c1=O)C1CCCCC1. The third kappa shape index (κ3) is 5.20. The Labute approximate surface area is 208 Å². The first-order chi connectivity index (χ1) is 17.2. The van der Waals surface area contributed by atoms with E-state index in [1.807, 2.05) is 0 Å². The number of pyridine rings is 1. The summed E-state index contributed by atoms with van der Waals surface area (Å²) in [4.78, 5) is 19.0. The van der Waals surface area contributed by atoms with E-state index in [1.165, 1.54) is 51.4 Å². The molecule has 2 aromatic heterocycles. The van der Waals surface area contributed by atoms with E-state index in [0.29, 0.717) is 18.6 Å². The average Bonchev–Trinajstić information content (AvgIpc) is 3.38. The smallest absolute Gasteiger partial charge is 0.252 e. The fourth-order valence-electron chi connectivity index (χ4n) is 6.37. The van der Waals surface area contributed by atoms with Crippen molar-refractivity contribution in [2.24, 2.45) is 0 Å². The van der Waals surface area contributed by atoms with Crippen LogP contribution in [0.2, 0.25) is 0 Å². The molecule has 0 amide bonds. The van der Waals surface area contributed by atoms with Crippen molar-refractivity contribution in [3.05, 3.63) is 51.6 Å². The van der Waals surface area contributed by atoms with Gasteiger partial charge in [-0.15, -0.1) is 5.10 Å². The predicted molar refractivity (Wildman–Crippen MR) is 139 cm³/mol. The maximum Gasteiger partial charge on any atom is 0.252 e. The van der Waals surface area contributed by atoms with Crippen LogP contribution in [0.1, 0.15) is 113 Å². The zero-order valence-corrected chi connectivity index (χ0v) is 21.4. The molecule has 188 valence electrons. The van der Waals surface area contributed by atoms with Gasteiger partial charge < -0.3 is 4.98 Å². The number of nitrogens with one attached hydrogen (secondary N) is 1. The molecule has 1 N–H and O–H groups in total. The van der Waals surface area contributed by atoms with E-state index >= 15 is 0 Å². The van der Waals surface area contributed by atoms with E-state index in [0.717, 1.165) is 53.5 Å². The Balaban J connectivity index is 1.53. The second-order valence-electron chi connectivity index (χ2n) is 10.7. The molecule has 5 rings (SSSR count). The van der Waals surface area contributed by atoms with E-state index in [4.69, 9.17) is 0 Å². The zero-order valence-electron chi connectivity index (χ0n) is 21.4. The number of aryl methyl sites for hydroxylation is 1. The minimum atomic E-state index is 0.0229. The Morgan fingerprint density at radius 3 is 2.57 bits per heavy atom. The highest BCUT2D eigenvalue weighted by Gasteiger charge is 2.34. The zero-order chi connectivity index (χ0) is 24.2. The van der Waals surface area contributed by atoms with E-state index < -0.39 is 0 Å². The number of aromatic nitrogens is 5. The van der Waals surface area contributed by atoms with Crippen LogP contribution in [0.15, 0.2) is 29.1 Å². The summed E-state index contributed by atoms with van der Waals surface area (Å²) in [5.41, 5.74) is 2.91. The minimum absolute atomic E-state index is 0.0229. The number of benzene rings is 1.